The van der Waals surface area contributed by atoms with Gasteiger partial charge in [-0.3, -0.25) is 9.59 Å². The van der Waals surface area contributed by atoms with Crippen LogP contribution in [0.25, 0.3) is 0 Å². The molecule has 0 heterocycles. The minimum Gasteiger partial charge on any atom is -0.445 e. The highest BCUT2D eigenvalue weighted by atomic mass is 16.6. The minimum atomic E-state index is -1.33. The maximum atomic E-state index is 14.2. The van der Waals surface area contributed by atoms with Gasteiger partial charge in [0.25, 0.3) is 0 Å². The molecule has 5 atom stereocenters. The Morgan fingerprint density at radius 2 is 1.13 bits per heavy atom. The molecule has 0 saturated carbocycles. The zero-order valence-electron chi connectivity index (χ0n) is 34.3. The average molecular weight is 771 g/mol. The Morgan fingerprint density at radius 1 is 0.618 bits per heavy atom. The Hall–Kier alpha value is -4.69. The Labute approximate surface area is 326 Å². The fraction of sp³-hybridized carbons (Fsp3) is 0.585. The first-order valence-corrected chi connectivity index (χ1v) is 18.7. The van der Waals surface area contributed by atoms with Crippen LogP contribution >= 0.6 is 0 Å². The topological polar surface area (TPSA) is 180 Å². The lowest BCUT2D eigenvalue weighted by Gasteiger charge is -2.34. The fourth-order valence-electron chi connectivity index (χ4n) is 5.34. The highest BCUT2D eigenvalue weighted by Gasteiger charge is 2.38. The van der Waals surface area contributed by atoms with Gasteiger partial charge in [-0.2, -0.15) is 0 Å². The van der Waals surface area contributed by atoms with E-state index in [1.54, 1.807) is 97.9 Å². The van der Waals surface area contributed by atoms with Crippen LogP contribution in [0.2, 0.25) is 0 Å². The second kappa shape index (κ2) is 21.4. The zero-order chi connectivity index (χ0) is 41.4. The number of carbonyl (C=O) groups excluding carboxylic acids is 5. The Balaban J connectivity index is 2.32. The van der Waals surface area contributed by atoms with Gasteiger partial charge in [0.15, 0.2) is 0 Å². The summed E-state index contributed by atoms with van der Waals surface area (Å²) in [5.41, 5.74) is -1.32. The van der Waals surface area contributed by atoms with Gasteiger partial charge in [-0.05, 0) is 113 Å². The number of nitrogens with one attached hydrogen (secondary N) is 4. The number of unbranched alkanes of at least 4 members (excludes halogenated alkanes) is 1. The monoisotopic (exact) mass is 770 g/mol. The third-order valence-corrected chi connectivity index (χ3v) is 7.52. The van der Waals surface area contributed by atoms with Crippen molar-refractivity contribution in [3.8, 4) is 5.75 Å². The number of hydrogen-bond acceptors (Lipinski definition) is 10. The van der Waals surface area contributed by atoms with Crippen molar-refractivity contribution < 1.29 is 47.7 Å². The predicted octanol–water partition coefficient (Wildman–Crippen LogP) is 5.96. The number of rotatable bonds is 18. The normalized spacial score (nSPS) is 14.6. The van der Waals surface area contributed by atoms with Crippen LogP contribution < -0.4 is 26.0 Å². The largest absolute Gasteiger partial charge is 0.445 e. The molecule has 2 rings (SSSR count). The third kappa shape index (κ3) is 19.5. The van der Waals surface area contributed by atoms with E-state index in [1.165, 1.54) is 0 Å². The summed E-state index contributed by atoms with van der Waals surface area (Å²) in [6, 6.07) is 13.7. The van der Waals surface area contributed by atoms with E-state index in [4.69, 9.17) is 23.7 Å². The number of ether oxygens (including phenoxy) is 5. The maximum Gasteiger partial charge on any atom is 0.408 e. The van der Waals surface area contributed by atoms with Crippen molar-refractivity contribution in [2.24, 2.45) is 0 Å². The molecule has 0 aromatic heterocycles. The number of esters is 1. The molecular weight excluding hydrogens is 708 g/mol. The van der Waals surface area contributed by atoms with Crippen molar-refractivity contribution in [1.82, 2.24) is 21.3 Å². The summed E-state index contributed by atoms with van der Waals surface area (Å²) in [6.07, 6.45) is -2.17. The van der Waals surface area contributed by atoms with Crippen LogP contribution in [0, 0.1) is 0 Å². The summed E-state index contributed by atoms with van der Waals surface area (Å²) >= 11 is 0. The minimum absolute atomic E-state index is 0.0332. The van der Waals surface area contributed by atoms with Crippen LogP contribution in [0.5, 0.6) is 5.75 Å². The van der Waals surface area contributed by atoms with Gasteiger partial charge in [-0.25, -0.2) is 14.4 Å². The molecular formula is C41H62N4O10. The van der Waals surface area contributed by atoms with E-state index in [-0.39, 0.29) is 25.3 Å². The second-order valence-electron chi connectivity index (χ2n) is 16.3. The van der Waals surface area contributed by atoms with Gasteiger partial charge >= 0.3 is 18.2 Å². The first-order valence-electron chi connectivity index (χ1n) is 18.7. The Kier molecular flexibility index (Phi) is 18.1. The Morgan fingerprint density at radius 3 is 1.65 bits per heavy atom. The van der Waals surface area contributed by atoms with E-state index in [9.17, 15) is 24.0 Å². The molecule has 2 aromatic rings. The third-order valence-electron chi connectivity index (χ3n) is 7.52. The molecule has 0 aliphatic rings. The van der Waals surface area contributed by atoms with E-state index in [1.807, 2.05) is 39.0 Å². The predicted molar refractivity (Wildman–Crippen MR) is 208 cm³/mol. The van der Waals surface area contributed by atoms with Crippen LogP contribution in [0.15, 0.2) is 60.7 Å². The van der Waals surface area contributed by atoms with Crippen LogP contribution in [-0.2, 0) is 39.9 Å². The van der Waals surface area contributed by atoms with Gasteiger partial charge in [0.05, 0.1) is 23.4 Å². The molecule has 2 aromatic carbocycles. The second-order valence-corrected chi connectivity index (χ2v) is 16.3. The molecule has 0 aliphatic carbocycles. The van der Waals surface area contributed by atoms with Crippen molar-refractivity contribution in [3.05, 3.63) is 66.2 Å². The van der Waals surface area contributed by atoms with Crippen molar-refractivity contribution in [2.75, 3.05) is 6.54 Å². The van der Waals surface area contributed by atoms with Gasteiger partial charge in [-0.15, -0.1) is 0 Å². The van der Waals surface area contributed by atoms with E-state index in [2.05, 4.69) is 21.3 Å². The molecule has 0 spiro atoms. The van der Waals surface area contributed by atoms with E-state index in [0.717, 1.165) is 5.56 Å². The quantitative estimate of drug-likeness (QED) is 0.0803. The van der Waals surface area contributed by atoms with Gasteiger partial charge in [0.2, 0.25) is 11.8 Å². The van der Waals surface area contributed by atoms with E-state index in [0.29, 0.717) is 12.8 Å². The summed E-state index contributed by atoms with van der Waals surface area (Å²) in [6.45, 7) is 19.6. The van der Waals surface area contributed by atoms with Crippen LogP contribution in [0.1, 0.15) is 101 Å². The zero-order valence-corrected chi connectivity index (χ0v) is 34.3. The molecule has 0 bridgehead atoms. The van der Waals surface area contributed by atoms with E-state index < -0.39 is 77.1 Å². The number of amides is 4. The van der Waals surface area contributed by atoms with Crippen LogP contribution in [-0.4, -0.2) is 83.7 Å². The molecule has 306 valence electrons. The standard InChI is InChI=1S/C41H62N4O10/c1-27(53-39(3,4)5)32(44-35(47)33(28(2)54-40(6,7)8)45-38(50)51-26-29-20-14-12-15-21-29)34(46)43-31(36(48)52-30-22-16-13-17-23-30)24-18-19-25-42-37(49)55-41(9,10)11/h12-17,20-23,27-28,31-33H,18-19,24-26H2,1-11H3,(H,42,49)(H,43,46)(H,44,47)(H,45,50)/t27-,28-,31+,32+,33+/m1/s1. The first kappa shape index (κ1) is 46.5. The van der Waals surface area contributed by atoms with Gasteiger partial charge in [0, 0.05) is 6.54 Å². The number of hydrogen-bond donors (Lipinski definition) is 4. The fourth-order valence-corrected chi connectivity index (χ4v) is 5.34. The van der Waals surface area contributed by atoms with Crippen molar-refractivity contribution >= 4 is 30.0 Å². The van der Waals surface area contributed by atoms with Crippen molar-refractivity contribution in [1.29, 1.82) is 0 Å². The van der Waals surface area contributed by atoms with E-state index >= 15 is 0 Å². The average Bonchev–Trinajstić information content (AvgIpc) is 3.06. The summed E-state index contributed by atoms with van der Waals surface area (Å²) in [5, 5.41) is 10.8. The van der Waals surface area contributed by atoms with Gasteiger partial charge in [0.1, 0.15) is 36.1 Å². The molecule has 14 heteroatoms. The highest BCUT2D eigenvalue weighted by Crippen LogP contribution is 2.18. The lowest BCUT2D eigenvalue weighted by molar-refractivity contribution is -0.144. The summed E-state index contributed by atoms with van der Waals surface area (Å²) in [4.78, 5) is 66.9. The molecule has 14 nitrogen and oxygen atoms in total. The molecule has 0 unspecified atom stereocenters. The molecule has 0 saturated heterocycles. The molecule has 0 radical (unpaired) electrons. The number of para-hydroxylation sites is 1. The number of carbonyl (C=O) groups is 5. The summed E-state index contributed by atoms with van der Waals surface area (Å²) in [7, 11) is 0. The van der Waals surface area contributed by atoms with Gasteiger partial charge in [-0.1, -0.05) is 48.5 Å². The molecule has 4 N–H and O–H groups in total. The van der Waals surface area contributed by atoms with Crippen molar-refractivity contribution in [3.63, 3.8) is 0 Å². The van der Waals surface area contributed by atoms with Crippen LogP contribution in [0.4, 0.5) is 9.59 Å². The SMILES string of the molecule is C[C@@H](OC(C)(C)C)[C@H](NC(=O)OCc1ccccc1)C(=O)N[C@H](C(=O)N[C@@H](CCCCNC(=O)OC(C)(C)C)C(=O)Oc1ccccc1)[C@@H](C)OC(C)(C)C. The van der Waals surface area contributed by atoms with Gasteiger partial charge < -0.3 is 45.0 Å². The first-order chi connectivity index (χ1) is 25.5. The Bertz CT molecular complexity index is 1520. The highest BCUT2D eigenvalue weighted by molar-refractivity contribution is 5.94. The smallest absolute Gasteiger partial charge is 0.408 e. The molecule has 4 amide bonds. The molecule has 55 heavy (non-hydrogen) atoms. The summed E-state index contributed by atoms with van der Waals surface area (Å²) in [5.74, 6) is -1.90. The lowest BCUT2D eigenvalue weighted by Crippen LogP contribution is -2.62. The number of benzene rings is 2. The van der Waals surface area contributed by atoms with Crippen molar-refractivity contribution in [2.45, 2.75) is 149 Å². The molecule has 0 aliphatic heterocycles. The molecule has 0 fully saturated rings. The summed E-state index contributed by atoms with van der Waals surface area (Å²) < 4.78 is 28.5. The number of alkyl carbamates (subject to hydrolysis) is 2. The van der Waals surface area contributed by atoms with Crippen LogP contribution in [0.3, 0.4) is 0 Å². The maximum absolute atomic E-state index is 14.2. The lowest BCUT2D eigenvalue weighted by atomic mass is 10.0.